The maximum absolute atomic E-state index is 12.3. The number of nitrogens with one attached hydrogen (secondary N) is 1. The van der Waals surface area contributed by atoms with Crippen molar-refractivity contribution < 1.29 is 47.8 Å². The van der Waals surface area contributed by atoms with E-state index < -0.39 is 57.6 Å². The molecule has 0 aliphatic rings. The molecule has 0 rings (SSSR count). The number of aliphatic hydroxyl groups is 1. The number of hydrogen-bond donors (Lipinski definition) is 4. The average Bonchev–Trinajstić information content (AvgIpc) is 3.22. The van der Waals surface area contributed by atoms with Crippen molar-refractivity contribution in [1.82, 2.24) is 5.32 Å². The lowest BCUT2D eigenvalue weighted by Crippen LogP contribution is -2.43. The molecule has 0 saturated heterocycles. The molecule has 0 radical (unpaired) electrons. The third-order valence-electron chi connectivity index (χ3n) is 9.17. The molecule has 60 heavy (non-hydrogen) atoms. The van der Waals surface area contributed by atoms with E-state index in [1.807, 2.05) is 12.2 Å². The zero-order valence-electron chi connectivity index (χ0n) is 37.0. The minimum absolute atomic E-state index is 0.0626. The molecule has 4 N–H and O–H groups in total. The average molecular weight is 862 g/mol. The summed E-state index contributed by atoms with van der Waals surface area (Å²) in [6, 6.07) is -1.58. The maximum atomic E-state index is 12.3. The normalized spacial score (nSPS) is 14.5. The summed E-state index contributed by atoms with van der Waals surface area (Å²) in [6.45, 7) is 2.40. The van der Waals surface area contributed by atoms with Crippen LogP contribution in [-0.2, 0) is 32.7 Å². The Bertz CT molecular complexity index is 1340. The minimum Gasteiger partial charge on any atom is -0.480 e. The van der Waals surface area contributed by atoms with E-state index in [4.69, 9.17) is 13.8 Å². The zero-order chi connectivity index (χ0) is 44.2. The Hall–Kier alpha value is -3.34. The lowest BCUT2D eigenvalue weighted by Gasteiger charge is -2.18. The van der Waals surface area contributed by atoms with Crippen molar-refractivity contribution in [3.05, 3.63) is 85.1 Å². The van der Waals surface area contributed by atoms with Gasteiger partial charge in [-0.1, -0.05) is 157 Å². The molecule has 0 aliphatic heterocycles. The van der Waals surface area contributed by atoms with Gasteiger partial charge in [0, 0.05) is 12.8 Å². The van der Waals surface area contributed by atoms with E-state index in [0.29, 0.717) is 19.3 Å². The Morgan fingerprint density at radius 2 is 0.983 bits per heavy atom. The van der Waals surface area contributed by atoms with Gasteiger partial charge >= 0.3 is 19.8 Å². The molecule has 0 aliphatic carbocycles. The third kappa shape index (κ3) is 41.4. The summed E-state index contributed by atoms with van der Waals surface area (Å²) in [7, 11) is -4.78. The van der Waals surface area contributed by atoms with Crippen molar-refractivity contribution in [3.63, 3.8) is 0 Å². The first-order chi connectivity index (χ1) is 29.1. The summed E-state index contributed by atoms with van der Waals surface area (Å²) in [4.78, 5) is 45.9. The van der Waals surface area contributed by atoms with E-state index in [1.54, 1.807) is 0 Å². The summed E-state index contributed by atoms with van der Waals surface area (Å²) in [5.74, 6) is -2.47. The maximum Gasteiger partial charge on any atom is 0.472 e. The highest BCUT2D eigenvalue weighted by molar-refractivity contribution is 7.47. The van der Waals surface area contributed by atoms with E-state index in [9.17, 15) is 34.1 Å². The largest absolute Gasteiger partial charge is 0.480 e. The van der Waals surface area contributed by atoms with Gasteiger partial charge in [-0.05, 0) is 83.5 Å². The molecule has 0 bridgehead atoms. The molecule has 0 fully saturated rings. The molecule has 11 nitrogen and oxygen atoms in total. The monoisotopic (exact) mass is 862 g/mol. The van der Waals surface area contributed by atoms with Crippen LogP contribution in [0.1, 0.15) is 168 Å². The minimum atomic E-state index is -4.78. The number of carboxylic acids is 1. The van der Waals surface area contributed by atoms with E-state index in [0.717, 1.165) is 64.2 Å². The van der Waals surface area contributed by atoms with Crippen LogP contribution in [0.15, 0.2) is 85.1 Å². The fourth-order valence-electron chi connectivity index (χ4n) is 5.67. The lowest BCUT2D eigenvalue weighted by atomic mass is 10.1. The molecule has 0 heterocycles. The van der Waals surface area contributed by atoms with Crippen molar-refractivity contribution in [1.29, 1.82) is 0 Å². The number of aliphatic hydroxyl groups excluding tert-OH is 1. The van der Waals surface area contributed by atoms with Crippen LogP contribution in [0.5, 0.6) is 0 Å². The van der Waals surface area contributed by atoms with Crippen molar-refractivity contribution in [2.45, 2.75) is 180 Å². The van der Waals surface area contributed by atoms with E-state index in [1.165, 1.54) is 57.8 Å². The van der Waals surface area contributed by atoms with Crippen LogP contribution in [0, 0.1) is 0 Å². The summed E-state index contributed by atoms with van der Waals surface area (Å²) in [5.41, 5.74) is 0. The summed E-state index contributed by atoms with van der Waals surface area (Å²) < 4.78 is 26.8. The standard InChI is InChI=1S/C48H80NO10P/c1-3-5-7-9-11-13-15-17-19-21-22-24-26-28-30-32-34-36-38-40-47(52)57-41-44(50)42-58-60(55,56)59-43-45(48(53)54)49-46(51)39-37-35-33-31-29-27-25-23-20-18-16-14-12-10-8-6-4-2/h6,8,11-14,17-20,25,27,31,33,44-45,50H,3-5,7,9-10,15-16,21-24,26,28-30,32,34-43H2,1-2H3,(H,49,51)(H,53,54)(H,55,56)/b8-6-,13-11-,14-12-,19-17-,20-18-,27-25-,33-31-. The van der Waals surface area contributed by atoms with Crippen molar-refractivity contribution in [2.75, 3.05) is 19.8 Å². The van der Waals surface area contributed by atoms with Gasteiger partial charge in [-0.25, -0.2) is 9.36 Å². The predicted octanol–water partition coefficient (Wildman–Crippen LogP) is 11.9. The fraction of sp³-hybridized carbons (Fsp3) is 0.646. The quantitative estimate of drug-likeness (QED) is 0.0201. The highest BCUT2D eigenvalue weighted by Crippen LogP contribution is 2.43. The van der Waals surface area contributed by atoms with Crippen LogP contribution in [-0.4, -0.2) is 64.9 Å². The number of aliphatic carboxylic acids is 1. The van der Waals surface area contributed by atoms with E-state index >= 15 is 0 Å². The number of amides is 1. The molecule has 1 amide bonds. The van der Waals surface area contributed by atoms with Crippen LogP contribution >= 0.6 is 7.82 Å². The molecule has 3 unspecified atom stereocenters. The SMILES string of the molecule is CC/C=C\C/C=C\C/C=C\C/C=C\C/C=C\CCCC(=O)NC(COP(=O)(O)OCC(O)COC(=O)CCCCCCCCCCC/C=C\C/C=C\CCCCC)C(=O)O. The van der Waals surface area contributed by atoms with Crippen LogP contribution in [0.2, 0.25) is 0 Å². The number of unbranched alkanes of at least 4 members (excludes halogenated alkanes) is 13. The molecule has 342 valence electrons. The molecule has 3 atom stereocenters. The zero-order valence-corrected chi connectivity index (χ0v) is 37.9. The first-order valence-electron chi connectivity index (χ1n) is 22.6. The topological polar surface area (TPSA) is 169 Å². The molecule has 12 heteroatoms. The molecule has 0 saturated carbocycles. The van der Waals surface area contributed by atoms with E-state index in [-0.39, 0.29) is 12.8 Å². The molecule has 0 aromatic heterocycles. The van der Waals surface area contributed by atoms with Crippen LogP contribution < -0.4 is 5.32 Å². The van der Waals surface area contributed by atoms with Gasteiger partial charge in [0.1, 0.15) is 12.7 Å². The second-order valence-electron chi connectivity index (χ2n) is 14.9. The number of allylic oxidation sites excluding steroid dienone is 14. The Labute approximate surface area is 362 Å². The number of ether oxygens (including phenoxy) is 1. The van der Waals surface area contributed by atoms with Gasteiger partial charge in [-0.15, -0.1) is 0 Å². The smallest absolute Gasteiger partial charge is 0.472 e. The number of phosphoric ester groups is 1. The lowest BCUT2D eigenvalue weighted by molar-refractivity contribution is -0.147. The number of carboxylic acid groups (broad SMARTS) is 1. The highest BCUT2D eigenvalue weighted by Gasteiger charge is 2.28. The van der Waals surface area contributed by atoms with Gasteiger partial charge in [0.25, 0.3) is 0 Å². The number of carbonyl (C=O) groups excluding carboxylic acids is 2. The Morgan fingerprint density at radius 3 is 1.48 bits per heavy atom. The Morgan fingerprint density at radius 1 is 0.550 bits per heavy atom. The highest BCUT2D eigenvalue weighted by atomic mass is 31.2. The van der Waals surface area contributed by atoms with Gasteiger partial charge in [-0.2, -0.15) is 0 Å². The van der Waals surface area contributed by atoms with Crippen LogP contribution in [0.25, 0.3) is 0 Å². The summed E-state index contributed by atoms with van der Waals surface area (Å²) >= 11 is 0. The first-order valence-corrected chi connectivity index (χ1v) is 24.1. The van der Waals surface area contributed by atoms with Crippen molar-refractivity contribution in [2.24, 2.45) is 0 Å². The third-order valence-corrected chi connectivity index (χ3v) is 10.1. The second kappa shape index (κ2) is 42.4. The van der Waals surface area contributed by atoms with Gasteiger partial charge in [0.2, 0.25) is 5.91 Å². The second-order valence-corrected chi connectivity index (χ2v) is 16.3. The Kier molecular flexibility index (Phi) is 40.0. The van der Waals surface area contributed by atoms with Gasteiger partial charge in [0.15, 0.2) is 6.04 Å². The number of carbonyl (C=O) groups is 3. The predicted molar refractivity (Wildman–Crippen MR) is 244 cm³/mol. The van der Waals surface area contributed by atoms with Crippen LogP contribution in [0.4, 0.5) is 0 Å². The molecular weight excluding hydrogens is 781 g/mol. The fourth-order valence-corrected chi connectivity index (χ4v) is 6.45. The van der Waals surface area contributed by atoms with Crippen molar-refractivity contribution in [3.8, 4) is 0 Å². The van der Waals surface area contributed by atoms with E-state index in [2.05, 4.69) is 92.1 Å². The molecule has 0 spiro atoms. The summed E-state index contributed by atoms with van der Waals surface area (Å²) in [5, 5.41) is 21.8. The molecule has 0 aromatic rings. The van der Waals surface area contributed by atoms with Crippen molar-refractivity contribution >= 4 is 25.7 Å². The number of phosphoric acid groups is 1. The van der Waals surface area contributed by atoms with Gasteiger partial charge < -0.3 is 25.2 Å². The summed E-state index contributed by atoms with van der Waals surface area (Å²) in [6.07, 6.45) is 51.8. The molecule has 0 aromatic carbocycles. The first kappa shape index (κ1) is 56.7. The number of hydrogen-bond acceptors (Lipinski definition) is 8. The number of esters is 1. The van der Waals surface area contributed by atoms with Gasteiger partial charge in [0.05, 0.1) is 13.2 Å². The number of rotatable bonds is 41. The van der Waals surface area contributed by atoms with Gasteiger partial charge in [-0.3, -0.25) is 18.6 Å². The van der Waals surface area contributed by atoms with Crippen LogP contribution in [0.3, 0.4) is 0 Å². The molecular formula is C48H80NO10P. The Balaban J connectivity index is 3.97.